The van der Waals surface area contributed by atoms with Gasteiger partial charge in [-0.15, -0.1) is 0 Å². The molecule has 0 saturated heterocycles. The standard InChI is InChI=1S/C48H66N4O7S2/c1-36-32-38(3)47(39(4)33-36)60(56,57)51(30-19-27-49-45(53)24-15-7-8-16-25-46(54)50-55)28-17-18-29-52(61(58,59)48-40(5)34-37(2)35-41(48)6)31-26-44(42-20-11-9-12-21-42)43-22-13-10-14-23-43/h9-14,20-23,32-35,44,55H,7-8,15-19,24-31H2,1-6H3,(H,49,53)(H,50,54). The largest absolute Gasteiger partial charge is 0.356 e. The van der Waals surface area contributed by atoms with Crippen LogP contribution in [-0.4, -0.2) is 75.2 Å². The minimum Gasteiger partial charge on any atom is -0.356 e. The number of carbonyl (C=O) groups is 2. The number of benzene rings is 4. The van der Waals surface area contributed by atoms with Gasteiger partial charge in [0.05, 0.1) is 9.79 Å². The molecule has 332 valence electrons. The van der Waals surface area contributed by atoms with Crippen LogP contribution in [0.15, 0.2) is 94.7 Å². The Hall–Kier alpha value is -4.40. The number of amides is 2. The SMILES string of the molecule is Cc1cc(C)c(S(=O)(=O)N(CCCCN(CCC(c2ccccc2)c2ccccc2)S(=O)(=O)c2c(C)cc(C)cc2C)CCCNC(=O)CCCCCCC(=O)NO)c(C)c1. The average molecular weight is 875 g/mol. The fraction of sp³-hybridized carbons (Fsp3) is 0.458. The van der Waals surface area contributed by atoms with Gasteiger partial charge >= 0.3 is 0 Å². The first-order valence-electron chi connectivity index (χ1n) is 21.5. The van der Waals surface area contributed by atoms with Crippen LogP contribution in [0.3, 0.4) is 0 Å². The molecule has 0 spiro atoms. The van der Waals surface area contributed by atoms with Crippen molar-refractivity contribution in [2.75, 3.05) is 32.7 Å². The van der Waals surface area contributed by atoms with Crippen LogP contribution in [-0.2, 0) is 29.6 Å². The van der Waals surface area contributed by atoms with E-state index < -0.39 is 26.0 Å². The molecule has 3 N–H and O–H groups in total. The first-order chi connectivity index (χ1) is 29.1. The molecule has 0 fully saturated rings. The molecule has 2 amide bonds. The lowest BCUT2D eigenvalue weighted by atomic mass is 9.88. The van der Waals surface area contributed by atoms with Crippen molar-refractivity contribution in [1.29, 1.82) is 0 Å². The van der Waals surface area contributed by atoms with Gasteiger partial charge < -0.3 is 5.32 Å². The van der Waals surface area contributed by atoms with Gasteiger partial charge in [-0.2, -0.15) is 8.61 Å². The lowest BCUT2D eigenvalue weighted by molar-refractivity contribution is -0.129. The van der Waals surface area contributed by atoms with Crippen LogP contribution >= 0.6 is 0 Å². The summed E-state index contributed by atoms with van der Waals surface area (Å²) in [7, 11) is -7.87. The van der Waals surface area contributed by atoms with Crippen LogP contribution in [0.5, 0.6) is 0 Å². The summed E-state index contributed by atoms with van der Waals surface area (Å²) in [5.74, 6) is -0.573. The maximum Gasteiger partial charge on any atom is 0.243 e. The molecule has 0 aromatic heterocycles. The van der Waals surface area contributed by atoms with Gasteiger partial charge in [0.2, 0.25) is 31.9 Å². The number of aryl methyl sites for hydroxylation is 6. The molecular formula is C48H66N4O7S2. The number of sulfonamides is 2. The van der Waals surface area contributed by atoms with Crippen molar-refractivity contribution in [2.45, 2.75) is 121 Å². The zero-order valence-electron chi connectivity index (χ0n) is 36.9. The second-order valence-electron chi connectivity index (χ2n) is 16.3. The Balaban J connectivity index is 1.50. The van der Waals surface area contributed by atoms with Gasteiger partial charge in [0.15, 0.2) is 0 Å². The van der Waals surface area contributed by atoms with Crippen molar-refractivity contribution in [1.82, 2.24) is 19.4 Å². The molecule has 0 atom stereocenters. The van der Waals surface area contributed by atoms with Crippen LogP contribution in [0, 0.1) is 41.5 Å². The van der Waals surface area contributed by atoms with Crippen molar-refractivity contribution in [2.24, 2.45) is 0 Å². The summed E-state index contributed by atoms with van der Waals surface area (Å²) in [4.78, 5) is 24.4. The van der Waals surface area contributed by atoms with Crippen LogP contribution < -0.4 is 10.8 Å². The molecule has 0 aliphatic carbocycles. The van der Waals surface area contributed by atoms with Gasteiger partial charge in [-0.25, -0.2) is 22.3 Å². The van der Waals surface area contributed by atoms with E-state index in [9.17, 15) is 26.4 Å². The Bertz CT molecular complexity index is 2180. The third-order valence-electron chi connectivity index (χ3n) is 11.1. The van der Waals surface area contributed by atoms with E-state index >= 15 is 0 Å². The van der Waals surface area contributed by atoms with E-state index in [0.717, 1.165) is 35.1 Å². The monoisotopic (exact) mass is 874 g/mol. The highest BCUT2D eigenvalue weighted by molar-refractivity contribution is 7.89. The highest BCUT2D eigenvalue weighted by atomic mass is 32.2. The van der Waals surface area contributed by atoms with Gasteiger partial charge in [0.1, 0.15) is 0 Å². The zero-order chi connectivity index (χ0) is 44.6. The average Bonchev–Trinajstić information content (AvgIpc) is 3.20. The van der Waals surface area contributed by atoms with Crippen LogP contribution in [0.2, 0.25) is 0 Å². The molecular weight excluding hydrogens is 809 g/mol. The van der Waals surface area contributed by atoms with E-state index in [1.165, 1.54) is 4.31 Å². The predicted octanol–water partition coefficient (Wildman–Crippen LogP) is 8.57. The fourth-order valence-electron chi connectivity index (χ4n) is 8.41. The van der Waals surface area contributed by atoms with Gasteiger partial charge in [0.25, 0.3) is 0 Å². The van der Waals surface area contributed by atoms with E-state index in [-0.39, 0.29) is 49.3 Å². The quantitative estimate of drug-likeness (QED) is 0.0343. The lowest BCUT2D eigenvalue weighted by Crippen LogP contribution is -2.37. The number of unbranched alkanes of at least 4 members (excludes halogenated alkanes) is 4. The molecule has 0 radical (unpaired) electrons. The smallest absolute Gasteiger partial charge is 0.243 e. The molecule has 4 aromatic carbocycles. The van der Waals surface area contributed by atoms with Crippen LogP contribution in [0.25, 0.3) is 0 Å². The third-order valence-corrected chi connectivity index (χ3v) is 15.5. The summed E-state index contributed by atoms with van der Waals surface area (Å²) >= 11 is 0. The van der Waals surface area contributed by atoms with Crippen molar-refractivity contribution in [3.05, 3.63) is 129 Å². The number of rotatable bonds is 25. The highest BCUT2D eigenvalue weighted by Crippen LogP contribution is 2.32. The van der Waals surface area contributed by atoms with E-state index in [1.54, 1.807) is 9.79 Å². The first kappa shape index (κ1) is 49.3. The molecule has 11 nitrogen and oxygen atoms in total. The molecule has 61 heavy (non-hydrogen) atoms. The molecule has 0 saturated carbocycles. The number of nitrogens with zero attached hydrogens (tertiary/aromatic N) is 2. The summed E-state index contributed by atoms with van der Waals surface area (Å²) in [6.07, 6.45) is 5.20. The molecule has 4 rings (SSSR count). The number of nitrogens with one attached hydrogen (secondary N) is 2. The molecule has 0 unspecified atom stereocenters. The van der Waals surface area contributed by atoms with Crippen molar-refractivity contribution < 1.29 is 31.6 Å². The number of hydroxylamine groups is 1. The van der Waals surface area contributed by atoms with Gasteiger partial charge in [-0.1, -0.05) is 109 Å². The Morgan fingerprint density at radius 3 is 1.36 bits per heavy atom. The summed E-state index contributed by atoms with van der Waals surface area (Å²) < 4.78 is 61.3. The first-order valence-corrected chi connectivity index (χ1v) is 24.4. The van der Waals surface area contributed by atoms with Crippen LogP contribution in [0.1, 0.15) is 115 Å². The maximum atomic E-state index is 14.7. The Kier molecular flexibility index (Phi) is 19.2. The van der Waals surface area contributed by atoms with Crippen molar-refractivity contribution >= 4 is 31.9 Å². The molecule has 13 heteroatoms. The number of hydrogen-bond acceptors (Lipinski definition) is 7. The van der Waals surface area contributed by atoms with E-state index in [1.807, 2.05) is 102 Å². The van der Waals surface area contributed by atoms with E-state index in [2.05, 4.69) is 29.6 Å². The molecule has 0 heterocycles. The topological polar surface area (TPSA) is 153 Å². The minimum atomic E-state index is -3.94. The van der Waals surface area contributed by atoms with E-state index in [0.29, 0.717) is 78.6 Å². The predicted molar refractivity (Wildman–Crippen MR) is 243 cm³/mol. The summed E-state index contributed by atoms with van der Waals surface area (Å²) in [6.45, 7) is 12.4. The summed E-state index contributed by atoms with van der Waals surface area (Å²) in [6, 6.07) is 27.8. The van der Waals surface area contributed by atoms with Crippen molar-refractivity contribution in [3.63, 3.8) is 0 Å². The molecule has 0 aliphatic rings. The third kappa shape index (κ3) is 14.3. The maximum absolute atomic E-state index is 14.7. The Morgan fingerprint density at radius 1 is 0.541 bits per heavy atom. The molecule has 0 bridgehead atoms. The second-order valence-corrected chi connectivity index (χ2v) is 20.0. The Morgan fingerprint density at radius 2 is 0.934 bits per heavy atom. The molecule has 0 aliphatic heterocycles. The molecule has 4 aromatic rings. The van der Waals surface area contributed by atoms with Gasteiger partial charge in [-0.05, 0) is 113 Å². The van der Waals surface area contributed by atoms with Gasteiger partial charge in [-0.3, -0.25) is 14.8 Å². The lowest BCUT2D eigenvalue weighted by Gasteiger charge is -2.28. The second kappa shape index (κ2) is 23.7. The van der Waals surface area contributed by atoms with Crippen molar-refractivity contribution in [3.8, 4) is 0 Å². The highest BCUT2D eigenvalue weighted by Gasteiger charge is 2.31. The van der Waals surface area contributed by atoms with Gasteiger partial charge in [0, 0.05) is 51.5 Å². The Labute approximate surface area is 365 Å². The van der Waals surface area contributed by atoms with E-state index in [4.69, 9.17) is 5.21 Å². The fourth-order valence-corrected chi connectivity index (χ4v) is 12.2. The summed E-state index contributed by atoms with van der Waals surface area (Å²) in [5, 5.41) is 11.5. The number of hydrogen-bond donors (Lipinski definition) is 3. The van der Waals surface area contributed by atoms with Crippen LogP contribution in [0.4, 0.5) is 0 Å². The normalized spacial score (nSPS) is 12.0. The number of carbonyl (C=O) groups excluding carboxylic acids is 2. The summed E-state index contributed by atoms with van der Waals surface area (Å²) in [5.41, 5.74) is 8.53. The zero-order valence-corrected chi connectivity index (χ0v) is 38.5. The minimum absolute atomic E-state index is 0.0328.